The summed E-state index contributed by atoms with van der Waals surface area (Å²) >= 11 is 5.80. The molecule has 3 N–H and O–H groups in total. The maximum atomic E-state index is 11.3. The molecular weight excluding hydrogens is 240 g/mol. The molecule has 17 heavy (non-hydrogen) atoms. The highest BCUT2D eigenvalue weighted by Crippen LogP contribution is 2.16. The Morgan fingerprint density at radius 2 is 2.29 bits per heavy atom. The van der Waals surface area contributed by atoms with E-state index in [0.717, 1.165) is 6.42 Å². The molecule has 0 bridgehead atoms. The van der Waals surface area contributed by atoms with Crippen LogP contribution in [0.25, 0.3) is 0 Å². The van der Waals surface area contributed by atoms with Crippen molar-refractivity contribution in [1.29, 1.82) is 0 Å². The van der Waals surface area contributed by atoms with Crippen LogP contribution >= 0.6 is 11.6 Å². The van der Waals surface area contributed by atoms with E-state index in [1.807, 2.05) is 0 Å². The van der Waals surface area contributed by atoms with Crippen molar-refractivity contribution in [3.63, 3.8) is 0 Å². The second kappa shape index (κ2) is 7.92. The van der Waals surface area contributed by atoms with E-state index in [1.165, 1.54) is 0 Å². The number of amides is 1. The molecule has 1 aromatic carbocycles. The van der Waals surface area contributed by atoms with E-state index in [-0.39, 0.29) is 5.91 Å². The molecule has 0 fully saturated rings. The van der Waals surface area contributed by atoms with Crippen molar-refractivity contribution < 1.29 is 9.53 Å². The van der Waals surface area contributed by atoms with E-state index >= 15 is 0 Å². The first-order valence-corrected chi connectivity index (χ1v) is 5.95. The van der Waals surface area contributed by atoms with Gasteiger partial charge in [-0.2, -0.15) is 0 Å². The molecule has 0 atom stereocenters. The molecule has 5 heteroatoms. The number of hydrogen-bond donors (Lipinski definition) is 2. The second-order valence-electron chi connectivity index (χ2n) is 3.55. The molecule has 0 heterocycles. The van der Waals surface area contributed by atoms with Crippen molar-refractivity contribution in [3.8, 4) is 5.75 Å². The molecule has 0 aromatic heterocycles. The normalized spacial score (nSPS) is 10.0. The molecule has 0 saturated carbocycles. The fourth-order valence-corrected chi connectivity index (χ4v) is 1.42. The maximum absolute atomic E-state index is 11.3. The summed E-state index contributed by atoms with van der Waals surface area (Å²) in [7, 11) is 0. The first-order valence-electron chi connectivity index (χ1n) is 5.57. The Bertz CT molecular complexity index is 358. The van der Waals surface area contributed by atoms with Gasteiger partial charge < -0.3 is 15.8 Å². The van der Waals surface area contributed by atoms with E-state index in [9.17, 15) is 4.79 Å². The van der Waals surface area contributed by atoms with Crippen LogP contribution in [-0.2, 0) is 4.79 Å². The number of carbonyl (C=O) groups is 1. The maximum Gasteiger partial charge on any atom is 0.223 e. The summed E-state index contributed by atoms with van der Waals surface area (Å²) in [6.07, 6.45) is 1.12. The van der Waals surface area contributed by atoms with Gasteiger partial charge in [0.15, 0.2) is 0 Å². The Balaban J connectivity index is 2.17. The molecule has 0 aliphatic carbocycles. The van der Waals surface area contributed by atoms with Crippen LogP contribution in [0.4, 0.5) is 0 Å². The Labute approximate surface area is 106 Å². The van der Waals surface area contributed by atoms with Gasteiger partial charge in [-0.05, 0) is 31.2 Å². The molecule has 0 aliphatic heterocycles. The van der Waals surface area contributed by atoms with Crippen LogP contribution < -0.4 is 15.8 Å². The lowest BCUT2D eigenvalue weighted by atomic mass is 10.3. The van der Waals surface area contributed by atoms with Crippen molar-refractivity contribution in [3.05, 3.63) is 29.3 Å². The number of nitrogens with one attached hydrogen (secondary N) is 1. The quantitative estimate of drug-likeness (QED) is 0.728. The Hall–Kier alpha value is -1.26. The van der Waals surface area contributed by atoms with Crippen molar-refractivity contribution in [2.45, 2.75) is 12.8 Å². The van der Waals surface area contributed by atoms with Crippen LogP contribution in [0.2, 0.25) is 5.02 Å². The summed E-state index contributed by atoms with van der Waals surface area (Å²) in [5, 5.41) is 3.38. The molecule has 0 saturated heterocycles. The minimum atomic E-state index is -0.0273. The molecule has 4 nitrogen and oxygen atoms in total. The lowest BCUT2D eigenvalue weighted by Crippen LogP contribution is -2.27. The summed E-state index contributed by atoms with van der Waals surface area (Å²) in [5.41, 5.74) is 5.32. The predicted molar refractivity (Wildman–Crippen MR) is 68.2 cm³/mol. The van der Waals surface area contributed by atoms with Gasteiger partial charge in [-0.15, -0.1) is 0 Å². The van der Waals surface area contributed by atoms with Gasteiger partial charge in [-0.25, -0.2) is 0 Å². The van der Waals surface area contributed by atoms with Crippen molar-refractivity contribution in [1.82, 2.24) is 5.32 Å². The average Bonchev–Trinajstić information content (AvgIpc) is 2.29. The fourth-order valence-electron chi connectivity index (χ4n) is 1.24. The lowest BCUT2D eigenvalue weighted by molar-refractivity contribution is -0.121. The SMILES string of the molecule is NCCCNC(=O)CCOc1cccc(Cl)c1. The van der Waals surface area contributed by atoms with Gasteiger partial charge in [0, 0.05) is 11.6 Å². The molecule has 94 valence electrons. The molecule has 1 aromatic rings. The minimum Gasteiger partial charge on any atom is -0.493 e. The smallest absolute Gasteiger partial charge is 0.223 e. The molecule has 0 radical (unpaired) electrons. The number of rotatable bonds is 7. The first kappa shape index (κ1) is 13.8. The highest BCUT2D eigenvalue weighted by atomic mass is 35.5. The molecule has 0 unspecified atom stereocenters. The van der Waals surface area contributed by atoms with E-state index < -0.39 is 0 Å². The first-order chi connectivity index (χ1) is 8.22. The number of carbonyl (C=O) groups excluding carboxylic acids is 1. The van der Waals surface area contributed by atoms with Crippen molar-refractivity contribution >= 4 is 17.5 Å². The zero-order chi connectivity index (χ0) is 12.5. The van der Waals surface area contributed by atoms with E-state index in [0.29, 0.717) is 36.9 Å². The van der Waals surface area contributed by atoms with Crippen LogP contribution in [0.15, 0.2) is 24.3 Å². The van der Waals surface area contributed by atoms with Gasteiger partial charge in [0.2, 0.25) is 5.91 Å². The third-order valence-electron chi connectivity index (χ3n) is 2.10. The Morgan fingerprint density at radius 1 is 1.47 bits per heavy atom. The Kier molecular flexibility index (Phi) is 6.43. The molecular formula is C12H17ClN2O2. The van der Waals surface area contributed by atoms with Crippen LogP contribution in [0.3, 0.4) is 0 Å². The molecule has 1 amide bonds. The minimum absolute atomic E-state index is 0.0273. The van der Waals surface area contributed by atoms with Gasteiger partial charge in [-0.1, -0.05) is 17.7 Å². The second-order valence-corrected chi connectivity index (χ2v) is 3.98. The zero-order valence-corrected chi connectivity index (χ0v) is 10.4. The summed E-state index contributed by atoms with van der Waals surface area (Å²) in [6, 6.07) is 7.10. The summed E-state index contributed by atoms with van der Waals surface area (Å²) in [6.45, 7) is 1.54. The van der Waals surface area contributed by atoms with Crippen LogP contribution in [0, 0.1) is 0 Å². The van der Waals surface area contributed by atoms with Gasteiger partial charge in [0.25, 0.3) is 0 Å². The number of halogens is 1. The summed E-state index contributed by atoms with van der Waals surface area (Å²) < 4.78 is 5.39. The van der Waals surface area contributed by atoms with Gasteiger partial charge in [0.1, 0.15) is 5.75 Å². The van der Waals surface area contributed by atoms with Crippen molar-refractivity contribution in [2.75, 3.05) is 19.7 Å². The third-order valence-corrected chi connectivity index (χ3v) is 2.33. The zero-order valence-electron chi connectivity index (χ0n) is 9.62. The Morgan fingerprint density at radius 3 is 3.00 bits per heavy atom. The largest absolute Gasteiger partial charge is 0.493 e. The monoisotopic (exact) mass is 256 g/mol. The number of hydrogen-bond acceptors (Lipinski definition) is 3. The molecule has 1 rings (SSSR count). The van der Waals surface area contributed by atoms with E-state index in [2.05, 4.69) is 5.32 Å². The predicted octanol–water partition coefficient (Wildman–Crippen LogP) is 1.57. The van der Waals surface area contributed by atoms with Crippen LogP contribution in [0.1, 0.15) is 12.8 Å². The average molecular weight is 257 g/mol. The number of ether oxygens (including phenoxy) is 1. The van der Waals surface area contributed by atoms with E-state index in [1.54, 1.807) is 24.3 Å². The van der Waals surface area contributed by atoms with Crippen LogP contribution in [0.5, 0.6) is 5.75 Å². The number of nitrogens with two attached hydrogens (primary N) is 1. The molecule has 0 spiro atoms. The summed E-state index contributed by atoms with van der Waals surface area (Å²) in [5.74, 6) is 0.646. The number of benzene rings is 1. The highest BCUT2D eigenvalue weighted by Gasteiger charge is 2.01. The van der Waals surface area contributed by atoms with Crippen molar-refractivity contribution in [2.24, 2.45) is 5.73 Å². The van der Waals surface area contributed by atoms with Crippen LogP contribution in [-0.4, -0.2) is 25.6 Å². The summed E-state index contributed by atoms with van der Waals surface area (Å²) in [4.78, 5) is 11.3. The van der Waals surface area contributed by atoms with Gasteiger partial charge in [-0.3, -0.25) is 4.79 Å². The van der Waals surface area contributed by atoms with Gasteiger partial charge >= 0.3 is 0 Å². The molecule has 0 aliphatic rings. The lowest BCUT2D eigenvalue weighted by Gasteiger charge is -2.07. The highest BCUT2D eigenvalue weighted by molar-refractivity contribution is 6.30. The standard InChI is InChI=1S/C12H17ClN2O2/c13-10-3-1-4-11(9-10)17-8-5-12(16)15-7-2-6-14/h1,3-4,9H,2,5-8,14H2,(H,15,16). The topological polar surface area (TPSA) is 64.3 Å². The van der Waals surface area contributed by atoms with Gasteiger partial charge in [0.05, 0.1) is 13.0 Å². The van der Waals surface area contributed by atoms with E-state index in [4.69, 9.17) is 22.1 Å². The third kappa shape index (κ3) is 6.14. The fraction of sp³-hybridized carbons (Fsp3) is 0.417.